The molecule has 17 heavy (non-hydrogen) atoms. The second-order valence-corrected chi connectivity index (χ2v) is 4.41. The Morgan fingerprint density at radius 3 is 2.71 bits per heavy atom. The molecule has 1 heterocycles. The van der Waals surface area contributed by atoms with Crippen LogP contribution in [0.5, 0.6) is 0 Å². The van der Waals surface area contributed by atoms with Crippen molar-refractivity contribution in [2.45, 2.75) is 32.0 Å². The number of ether oxygens (including phenoxy) is 1. The van der Waals surface area contributed by atoms with E-state index >= 15 is 0 Å². The lowest BCUT2D eigenvalue weighted by atomic mass is 10.1. The first kappa shape index (κ1) is 12.1. The summed E-state index contributed by atoms with van der Waals surface area (Å²) in [4.78, 5) is 10.9. The fourth-order valence-electron chi connectivity index (χ4n) is 2.04. The minimum Gasteiger partial charge on any atom is -0.377 e. The van der Waals surface area contributed by atoms with E-state index in [1.165, 1.54) is 0 Å². The summed E-state index contributed by atoms with van der Waals surface area (Å²) in [6.07, 6.45) is 1.33. The van der Waals surface area contributed by atoms with E-state index in [1.807, 2.05) is 12.1 Å². The van der Waals surface area contributed by atoms with Crippen LogP contribution in [-0.4, -0.2) is 24.7 Å². The van der Waals surface area contributed by atoms with Crippen molar-refractivity contribution in [1.82, 2.24) is 5.32 Å². The van der Waals surface area contributed by atoms with Crippen LogP contribution in [0.15, 0.2) is 24.3 Å². The van der Waals surface area contributed by atoms with Gasteiger partial charge in [-0.05, 0) is 31.0 Å². The third-order valence-corrected chi connectivity index (χ3v) is 3.18. The Bertz CT molecular complexity index is 389. The van der Waals surface area contributed by atoms with E-state index < -0.39 is 0 Å². The fourth-order valence-corrected chi connectivity index (χ4v) is 2.04. The SMILES string of the molecule is CC1OCCC1NCc1ccc(C(N)=O)cc1. The number of primary amides is 1. The van der Waals surface area contributed by atoms with E-state index in [-0.39, 0.29) is 12.0 Å². The Hall–Kier alpha value is -1.39. The Balaban J connectivity index is 1.88. The fraction of sp³-hybridized carbons (Fsp3) is 0.462. The Labute approximate surface area is 101 Å². The lowest BCUT2D eigenvalue weighted by molar-refractivity contribution is 0.100. The van der Waals surface area contributed by atoms with Crippen molar-refractivity contribution in [3.8, 4) is 0 Å². The van der Waals surface area contributed by atoms with Gasteiger partial charge in [0.05, 0.1) is 6.10 Å². The summed E-state index contributed by atoms with van der Waals surface area (Å²) in [5, 5.41) is 3.46. The summed E-state index contributed by atoms with van der Waals surface area (Å²) in [7, 11) is 0. The Morgan fingerprint density at radius 1 is 1.47 bits per heavy atom. The monoisotopic (exact) mass is 234 g/mol. The largest absolute Gasteiger partial charge is 0.377 e. The molecule has 3 N–H and O–H groups in total. The first-order valence-electron chi connectivity index (χ1n) is 5.90. The molecule has 4 heteroatoms. The van der Waals surface area contributed by atoms with Gasteiger partial charge in [0, 0.05) is 24.8 Å². The lowest BCUT2D eigenvalue weighted by Crippen LogP contribution is -2.34. The second kappa shape index (κ2) is 5.29. The molecule has 1 aromatic rings. The third-order valence-electron chi connectivity index (χ3n) is 3.18. The molecule has 4 nitrogen and oxygen atoms in total. The summed E-state index contributed by atoms with van der Waals surface area (Å²) in [6, 6.07) is 7.79. The van der Waals surface area contributed by atoms with Gasteiger partial charge in [0.25, 0.3) is 0 Å². The molecule has 0 saturated carbocycles. The van der Waals surface area contributed by atoms with Crippen molar-refractivity contribution in [3.05, 3.63) is 35.4 Å². The molecule has 92 valence electrons. The summed E-state index contributed by atoms with van der Waals surface area (Å²) < 4.78 is 5.48. The first-order valence-corrected chi connectivity index (χ1v) is 5.90. The molecular formula is C13H18N2O2. The highest BCUT2D eigenvalue weighted by atomic mass is 16.5. The van der Waals surface area contributed by atoms with E-state index in [9.17, 15) is 4.79 Å². The molecule has 0 aromatic heterocycles. The molecule has 0 bridgehead atoms. The van der Waals surface area contributed by atoms with Crippen LogP contribution in [0.25, 0.3) is 0 Å². The highest BCUT2D eigenvalue weighted by Gasteiger charge is 2.23. The number of hydrogen-bond acceptors (Lipinski definition) is 3. The summed E-state index contributed by atoms with van der Waals surface area (Å²) in [6.45, 7) is 3.71. The molecule has 2 rings (SSSR count). The number of amides is 1. The van der Waals surface area contributed by atoms with Crippen LogP contribution >= 0.6 is 0 Å². The molecule has 0 aliphatic carbocycles. The zero-order valence-electron chi connectivity index (χ0n) is 9.98. The summed E-state index contributed by atoms with van der Waals surface area (Å²) >= 11 is 0. The number of nitrogens with one attached hydrogen (secondary N) is 1. The predicted octanol–water partition coefficient (Wildman–Crippen LogP) is 1.05. The van der Waals surface area contributed by atoms with Gasteiger partial charge < -0.3 is 15.8 Å². The highest BCUT2D eigenvalue weighted by Crippen LogP contribution is 2.13. The normalized spacial score (nSPS) is 23.8. The molecule has 1 aromatic carbocycles. The minimum absolute atomic E-state index is 0.278. The van der Waals surface area contributed by atoms with Crippen LogP contribution in [0.2, 0.25) is 0 Å². The zero-order valence-corrected chi connectivity index (χ0v) is 9.98. The molecule has 0 radical (unpaired) electrons. The minimum atomic E-state index is -0.387. The molecule has 1 amide bonds. The van der Waals surface area contributed by atoms with E-state index in [1.54, 1.807) is 12.1 Å². The van der Waals surface area contributed by atoms with Crippen LogP contribution in [-0.2, 0) is 11.3 Å². The van der Waals surface area contributed by atoms with Crippen molar-refractivity contribution in [1.29, 1.82) is 0 Å². The van der Waals surface area contributed by atoms with Crippen molar-refractivity contribution >= 4 is 5.91 Å². The maximum Gasteiger partial charge on any atom is 0.248 e. The standard InChI is InChI=1S/C13H18N2O2/c1-9-12(6-7-17-9)15-8-10-2-4-11(5-3-10)13(14)16/h2-5,9,12,15H,6-8H2,1H3,(H2,14,16). The van der Waals surface area contributed by atoms with E-state index in [4.69, 9.17) is 10.5 Å². The number of nitrogens with two attached hydrogens (primary N) is 1. The number of carbonyl (C=O) groups is 1. The highest BCUT2D eigenvalue weighted by molar-refractivity contribution is 5.92. The average Bonchev–Trinajstić information content (AvgIpc) is 2.73. The smallest absolute Gasteiger partial charge is 0.248 e. The van der Waals surface area contributed by atoms with Gasteiger partial charge in [0.2, 0.25) is 5.91 Å². The van der Waals surface area contributed by atoms with Gasteiger partial charge in [-0.15, -0.1) is 0 Å². The quantitative estimate of drug-likeness (QED) is 0.818. The van der Waals surface area contributed by atoms with Crippen molar-refractivity contribution in [3.63, 3.8) is 0 Å². The van der Waals surface area contributed by atoms with Crippen LogP contribution in [0.3, 0.4) is 0 Å². The van der Waals surface area contributed by atoms with E-state index in [2.05, 4.69) is 12.2 Å². The Morgan fingerprint density at radius 2 is 2.18 bits per heavy atom. The van der Waals surface area contributed by atoms with Gasteiger partial charge in [-0.25, -0.2) is 0 Å². The van der Waals surface area contributed by atoms with Gasteiger partial charge in [0.1, 0.15) is 0 Å². The van der Waals surface area contributed by atoms with Gasteiger partial charge in [-0.3, -0.25) is 4.79 Å². The van der Waals surface area contributed by atoms with Gasteiger partial charge >= 0.3 is 0 Å². The maximum absolute atomic E-state index is 10.9. The number of benzene rings is 1. The molecule has 2 unspecified atom stereocenters. The van der Waals surface area contributed by atoms with Gasteiger partial charge in [-0.2, -0.15) is 0 Å². The van der Waals surface area contributed by atoms with Gasteiger partial charge in [-0.1, -0.05) is 12.1 Å². The second-order valence-electron chi connectivity index (χ2n) is 4.41. The van der Waals surface area contributed by atoms with Crippen molar-refractivity contribution in [2.24, 2.45) is 5.73 Å². The van der Waals surface area contributed by atoms with Crippen molar-refractivity contribution < 1.29 is 9.53 Å². The first-order chi connectivity index (χ1) is 8.16. The molecular weight excluding hydrogens is 216 g/mol. The van der Waals surface area contributed by atoms with Crippen LogP contribution in [0.1, 0.15) is 29.3 Å². The molecule has 1 fully saturated rings. The lowest BCUT2D eigenvalue weighted by Gasteiger charge is -2.15. The maximum atomic E-state index is 10.9. The summed E-state index contributed by atoms with van der Waals surface area (Å²) in [5.74, 6) is -0.387. The van der Waals surface area contributed by atoms with Crippen LogP contribution in [0, 0.1) is 0 Å². The predicted molar refractivity (Wildman–Crippen MR) is 65.6 cm³/mol. The summed E-state index contributed by atoms with van der Waals surface area (Å²) in [5.41, 5.74) is 6.88. The molecule has 1 aliphatic rings. The topological polar surface area (TPSA) is 64.3 Å². The van der Waals surface area contributed by atoms with Crippen LogP contribution < -0.4 is 11.1 Å². The Kier molecular flexibility index (Phi) is 3.76. The molecule has 1 aliphatic heterocycles. The molecule has 2 atom stereocenters. The number of carbonyl (C=O) groups excluding carboxylic acids is 1. The zero-order chi connectivity index (χ0) is 12.3. The number of hydrogen-bond donors (Lipinski definition) is 2. The van der Waals surface area contributed by atoms with Gasteiger partial charge in [0.15, 0.2) is 0 Å². The van der Waals surface area contributed by atoms with E-state index in [0.717, 1.165) is 25.1 Å². The average molecular weight is 234 g/mol. The third kappa shape index (κ3) is 3.05. The molecule has 0 spiro atoms. The molecule has 1 saturated heterocycles. The van der Waals surface area contributed by atoms with Crippen molar-refractivity contribution in [2.75, 3.05) is 6.61 Å². The number of rotatable bonds is 4. The van der Waals surface area contributed by atoms with Crippen LogP contribution in [0.4, 0.5) is 0 Å². The van der Waals surface area contributed by atoms with E-state index in [0.29, 0.717) is 11.6 Å².